The van der Waals surface area contributed by atoms with E-state index in [1.807, 2.05) is 42.5 Å². The minimum Gasteiger partial charge on any atom is -0.272 e. The molecule has 1 amide bonds. The molecule has 0 radical (unpaired) electrons. The molecule has 0 aliphatic heterocycles. The number of nitrogens with zero attached hydrogens (tertiary/aromatic N) is 1. The van der Waals surface area contributed by atoms with Gasteiger partial charge in [-0.2, -0.15) is 5.10 Å². The summed E-state index contributed by atoms with van der Waals surface area (Å²) in [4.78, 5) is 12.1. The molecular formula is C24H20N2OS. The van der Waals surface area contributed by atoms with Gasteiger partial charge in [0.25, 0.3) is 0 Å². The van der Waals surface area contributed by atoms with Crippen molar-refractivity contribution in [2.75, 3.05) is 5.75 Å². The molecule has 138 valence electrons. The van der Waals surface area contributed by atoms with E-state index in [1.54, 1.807) is 18.0 Å². The van der Waals surface area contributed by atoms with Crippen LogP contribution in [0.3, 0.4) is 0 Å². The summed E-state index contributed by atoms with van der Waals surface area (Å²) in [6, 6.07) is 28.8. The monoisotopic (exact) mass is 384 g/mol. The van der Waals surface area contributed by atoms with Crippen molar-refractivity contribution in [2.45, 2.75) is 5.75 Å². The first kappa shape index (κ1) is 18.3. The fourth-order valence-corrected chi connectivity index (χ4v) is 4.01. The van der Waals surface area contributed by atoms with E-state index >= 15 is 0 Å². The second-order valence-corrected chi connectivity index (χ2v) is 7.49. The highest BCUT2D eigenvalue weighted by molar-refractivity contribution is 7.99. The average molecular weight is 385 g/mol. The van der Waals surface area contributed by atoms with Crippen molar-refractivity contribution in [3.05, 3.63) is 96.1 Å². The quantitative estimate of drug-likeness (QED) is 0.276. The molecule has 0 aliphatic rings. The normalized spacial score (nSPS) is 11.3. The first-order valence-corrected chi connectivity index (χ1v) is 10.3. The highest BCUT2D eigenvalue weighted by Gasteiger charge is 2.06. The Morgan fingerprint density at radius 1 is 0.857 bits per heavy atom. The average Bonchev–Trinajstić information content (AvgIpc) is 2.74. The minimum atomic E-state index is -0.0956. The number of amides is 1. The molecule has 0 spiro atoms. The van der Waals surface area contributed by atoms with Crippen LogP contribution in [0.1, 0.15) is 11.1 Å². The van der Waals surface area contributed by atoms with E-state index in [2.05, 4.69) is 53.0 Å². The molecule has 0 aliphatic carbocycles. The minimum absolute atomic E-state index is 0.0956. The maximum atomic E-state index is 12.1. The second kappa shape index (κ2) is 8.72. The largest absolute Gasteiger partial charge is 0.272 e. The van der Waals surface area contributed by atoms with Crippen LogP contribution in [0.4, 0.5) is 0 Å². The highest BCUT2D eigenvalue weighted by Crippen LogP contribution is 2.27. The fourth-order valence-electron chi connectivity index (χ4n) is 3.22. The third-order valence-corrected chi connectivity index (χ3v) is 5.54. The van der Waals surface area contributed by atoms with Crippen molar-refractivity contribution < 1.29 is 4.79 Å². The number of nitrogens with one attached hydrogen (secondary N) is 1. The zero-order valence-electron chi connectivity index (χ0n) is 15.3. The van der Waals surface area contributed by atoms with Gasteiger partial charge in [-0.15, -0.1) is 11.8 Å². The van der Waals surface area contributed by atoms with Gasteiger partial charge in [-0.3, -0.25) is 4.79 Å². The molecule has 0 aromatic heterocycles. The lowest BCUT2D eigenvalue weighted by molar-refractivity contribution is -0.118. The first-order valence-electron chi connectivity index (χ1n) is 9.15. The van der Waals surface area contributed by atoms with Gasteiger partial charge < -0.3 is 0 Å². The predicted molar refractivity (Wildman–Crippen MR) is 120 cm³/mol. The molecular weight excluding hydrogens is 364 g/mol. The number of hydrogen-bond donors (Lipinski definition) is 1. The van der Waals surface area contributed by atoms with E-state index in [-0.39, 0.29) is 5.91 Å². The molecule has 0 atom stereocenters. The smallest absolute Gasteiger partial charge is 0.250 e. The van der Waals surface area contributed by atoms with Crippen molar-refractivity contribution in [1.29, 1.82) is 0 Å². The molecule has 1 N–H and O–H groups in total. The Labute approximate surface area is 168 Å². The zero-order valence-corrected chi connectivity index (χ0v) is 16.2. The molecule has 0 saturated carbocycles. The maximum absolute atomic E-state index is 12.1. The maximum Gasteiger partial charge on any atom is 0.250 e. The van der Waals surface area contributed by atoms with Crippen LogP contribution in [0.25, 0.3) is 21.5 Å². The van der Waals surface area contributed by atoms with Gasteiger partial charge in [-0.25, -0.2) is 5.43 Å². The Balaban J connectivity index is 1.46. The third kappa shape index (κ3) is 4.24. The summed E-state index contributed by atoms with van der Waals surface area (Å²) in [5.41, 5.74) is 4.89. The third-order valence-electron chi connectivity index (χ3n) is 4.54. The van der Waals surface area contributed by atoms with Crippen molar-refractivity contribution in [3.63, 3.8) is 0 Å². The molecule has 0 unspecified atom stereocenters. The van der Waals surface area contributed by atoms with E-state index in [0.717, 1.165) is 32.9 Å². The summed E-state index contributed by atoms with van der Waals surface area (Å²) in [5, 5.41) is 8.79. The molecule has 4 heteroatoms. The molecule has 0 heterocycles. The summed E-state index contributed by atoms with van der Waals surface area (Å²) in [7, 11) is 0. The second-order valence-electron chi connectivity index (χ2n) is 6.50. The van der Waals surface area contributed by atoms with Gasteiger partial charge in [0.1, 0.15) is 0 Å². The topological polar surface area (TPSA) is 41.5 Å². The van der Waals surface area contributed by atoms with Gasteiger partial charge in [0.15, 0.2) is 0 Å². The SMILES string of the molecule is O=C(CSCc1ccccc1)N/N=C\c1c2ccccc2cc2ccccc12. The van der Waals surface area contributed by atoms with Crippen molar-refractivity contribution in [3.8, 4) is 0 Å². The van der Waals surface area contributed by atoms with Gasteiger partial charge in [-0.1, -0.05) is 78.9 Å². The van der Waals surface area contributed by atoms with Crippen LogP contribution in [-0.2, 0) is 10.5 Å². The summed E-state index contributed by atoms with van der Waals surface area (Å²) in [6.07, 6.45) is 1.75. The molecule has 4 aromatic rings. The van der Waals surface area contributed by atoms with Gasteiger partial charge in [-0.05, 0) is 33.2 Å². The van der Waals surface area contributed by atoms with Crippen molar-refractivity contribution in [2.24, 2.45) is 5.10 Å². The first-order chi connectivity index (χ1) is 13.8. The number of rotatable bonds is 6. The Morgan fingerprint density at radius 3 is 2.14 bits per heavy atom. The standard InChI is InChI=1S/C24H20N2OS/c27-24(17-28-16-18-8-2-1-3-9-18)26-25-15-23-21-12-6-4-10-19(21)14-20-11-5-7-13-22(20)23/h1-15H,16-17H2,(H,26,27)/b25-15-. The van der Waals surface area contributed by atoms with Crippen LogP contribution >= 0.6 is 11.8 Å². The Hall–Kier alpha value is -3.11. The lowest BCUT2D eigenvalue weighted by atomic mass is 9.97. The van der Waals surface area contributed by atoms with E-state index in [9.17, 15) is 4.79 Å². The number of carbonyl (C=O) groups is 1. The molecule has 0 bridgehead atoms. The molecule has 28 heavy (non-hydrogen) atoms. The van der Waals surface area contributed by atoms with Gasteiger partial charge in [0.05, 0.1) is 12.0 Å². The number of thioether (sulfide) groups is 1. The van der Waals surface area contributed by atoms with Gasteiger partial charge in [0, 0.05) is 11.3 Å². The summed E-state index contributed by atoms with van der Waals surface area (Å²) in [5.74, 6) is 1.09. The van der Waals surface area contributed by atoms with Crippen LogP contribution in [0.15, 0.2) is 90.0 Å². The number of carbonyl (C=O) groups excluding carboxylic acids is 1. The van der Waals surface area contributed by atoms with Crippen molar-refractivity contribution in [1.82, 2.24) is 5.43 Å². The van der Waals surface area contributed by atoms with Crippen LogP contribution in [-0.4, -0.2) is 17.9 Å². The van der Waals surface area contributed by atoms with Crippen LogP contribution < -0.4 is 5.43 Å². The summed E-state index contributed by atoms with van der Waals surface area (Å²) < 4.78 is 0. The van der Waals surface area contributed by atoms with Crippen molar-refractivity contribution >= 4 is 45.4 Å². The number of benzene rings is 4. The summed E-state index contributed by atoms with van der Waals surface area (Å²) >= 11 is 1.58. The molecule has 3 nitrogen and oxygen atoms in total. The number of hydrazone groups is 1. The highest BCUT2D eigenvalue weighted by atomic mass is 32.2. The lowest BCUT2D eigenvalue weighted by Gasteiger charge is -2.08. The van der Waals surface area contributed by atoms with E-state index in [1.165, 1.54) is 5.56 Å². The molecule has 4 rings (SSSR count). The van der Waals surface area contributed by atoms with Gasteiger partial charge >= 0.3 is 0 Å². The van der Waals surface area contributed by atoms with Crippen LogP contribution in [0.5, 0.6) is 0 Å². The molecule has 0 fully saturated rings. The van der Waals surface area contributed by atoms with E-state index in [4.69, 9.17) is 0 Å². The fraction of sp³-hybridized carbons (Fsp3) is 0.0833. The Kier molecular flexibility index (Phi) is 5.69. The molecule has 0 saturated heterocycles. The van der Waals surface area contributed by atoms with E-state index in [0.29, 0.717) is 5.75 Å². The predicted octanol–water partition coefficient (Wildman–Crippen LogP) is 5.38. The molecule has 4 aromatic carbocycles. The Bertz CT molecular complexity index is 1090. The van der Waals surface area contributed by atoms with Crippen LogP contribution in [0, 0.1) is 0 Å². The number of fused-ring (bicyclic) bond motifs is 2. The zero-order chi connectivity index (χ0) is 19.2. The summed E-state index contributed by atoms with van der Waals surface area (Å²) in [6.45, 7) is 0. The Morgan fingerprint density at radius 2 is 1.46 bits per heavy atom. The number of hydrogen-bond acceptors (Lipinski definition) is 3. The van der Waals surface area contributed by atoms with E-state index < -0.39 is 0 Å². The van der Waals surface area contributed by atoms with Crippen LogP contribution in [0.2, 0.25) is 0 Å². The lowest BCUT2D eigenvalue weighted by Crippen LogP contribution is -2.19. The van der Waals surface area contributed by atoms with Gasteiger partial charge in [0.2, 0.25) is 5.91 Å².